The van der Waals surface area contributed by atoms with Crippen molar-refractivity contribution in [3.63, 3.8) is 0 Å². The molecule has 8 bridgehead atoms. The molecule has 0 aliphatic carbocycles. The minimum Gasteiger partial charge on any atom is -0.355 e. The molecule has 0 radical (unpaired) electrons. The van der Waals surface area contributed by atoms with E-state index < -0.39 is 0 Å². The predicted molar refractivity (Wildman–Crippen MR) is 185 cm³/mol. The number of nitriles is 1. The van der Waals surface area contributed by atoms with Gasteiger partial charge in [0.2, 0.25) is 0 Å². The maximum atomic E-state index is 9.77. The van der Waals surface area contributed by atoms with Crippen LogP contribution in [0.5, 0.6) is 0 Å². The summed E-state index contributed by atoms with van der Waals surface area (Å²) in [6.07, 6.45) is 14.9. The number of hydrogen-bond acceptors (Lipinski definition) is 2. The van der Waals surface area contributed by atoms with Crippen molar-refractivity contribution in [3.05, 3.63) is 90.6 Å². The molecule has 0 fully saturated rings. The molecule has 0 amide bonds. The van der Waals surface area contributed by atoms with Crippen molar-refractivity contribution in [1.82, 2.24) is 14.5 Å². The van der Waals surface area contributed by atoms with Crippen LogP contribution >= 0.6 is 0 Å². The number of nitrogens with zero attached hydrogens (tertiary/aromatic N) is 3. The first kappa shape index (κ1) is 34.3. The van der Waals surface area contributed by atoms with Crippen molar-refractivity contribution >= 4 is 29.0 Å². The molecule has 2 N–H and O–H groups in total. The summed E-state index contributed by atoms with van der Waals surface area (Å²) >= 11 is 0. The zero-order valence-electron chi connectivity index (χ0n) is 28.4. The van der Waals surface area contributed by atoms with Gasteiger partial charge in [0.15, 0.2) is 0 Å². The van der Waals surface area contributed by atoms with Crippen molar-refractivity contribution in [2.75, 3.05) is 0 Å². The zero-order chi connectivity index (χ0) is 31.5. The summed E-state index contributed by atoms with van der Waals surface area (Å²) in [4.78, 5) is 13.2. The number of H-pyrrole nitrogens is 2. The number of rotatable bonds is 9. The molecule has 240 valence electrons. The number of aliphatic imine (C=N–C) groups is 1. The van der Waals surface area contributed by atoms with Gasteiger partial charge in [0.05, 0.1) is 22.8 Å². The summed E-state index contributed by atoms with van der Waals surface area (Å²) in [5.74, 6) is 0.204. The van der Waals surface area contributed by atoms with Gasteiger partial charge in [-0.15, -0.1) is 0 Å². The summed E-state index contributed by atoms with van der Waals surface area (Å²) < 4.78 is 2.47. The van der Waals surface area contributed by atoms with E-state index in [4.69, 9.17) is 4.99 Å². The van der Waals surface area contributed by atoms with Gasteiger partial charge in [-0.05, 0) is 110 Å². The quantitative estimate of drug-likeness (QED) is 0.217. The van der Waals surface area contributed by atoms with Gasteiger partial charge >= 0.3 is 0 Å². The van der Waals surface area contributed by atoms with Crippen LogP contribution in [0.2, 0.25) is 0 Å². The number of aromatic amines is 2. The molecule has 0 saturated heterocycles. The van der Waals surface area contributed by atoms with E-state index in [9.17, 15) is 5.26 Å². The summed E-state index contributed by atoms with van der Waals surface area (Å²) in [6, 6.07) is 6.68. The fraction of sp³-hybridized carbons (Fsp3) is 0.436. The molecule has 1 atom stereocenters. The molecule has 0 aromatic carbocycles. The minimum absolute atomic E-state index is 0. The fourth-order valence-corrected chi connectivity index (χ4v) is 7.83. The van der Waals surface area contributed by atoms with E-state index in [1.807, 2.05) is 6.08 Å². The number of hydrogen-bond donors (Lipinski definition) is 2. The largest absolute Gasteiger partial charge is 0.355 e. The number of nitrogens with one attached hydrogen (secondary N) is 2. The molecule has 5 heterocycles. The van der Waals surface area contributed by atoms with Gasteiger partial charge in [0, 0.05) is 73.6 Å². The maximum absolute atomic E-state index is 9.77. The third-order valence-electron chi connectivity index (χ3n) is 9.70. The zero-order valence-corrected chi connectivity index (χ0v) is 29.3. The van der Waals surface area contributed by atoms with E-state index >= 15 is 0 Å². The van der Waals surface area contributed by atoms with Gasteiger partial charge < -0.3 is 14.5 Å². The number of allylic oxidation sites excluding steroid dienone is 4. The molecule has 5 rings (SSSR count). The molecule has 2 aliphatic rings. The van der Waals surface area contributed by atoms with Gasteiger partial charge in [-0.25, -0.2) is 0 Å². The normalized spacial score (nSPS) is 16.1. The molecule has 3 aromatic rings. The Morgan fingerprint density at radius 1 is 0.822 bits per heavy atom. The molecular weight excluding hydrogens is 597 g/mol. The van der Waals surface area contributed by atoms with Crippen molar-refractivity contribution in [1.29, 1.82) is 5.26 Å². The van der Waals surface area contributed by atoms with Gasteiger partial charge in [-0.3, -0.25) is 4.99 Å². The molecule has 1 unspecified atom stereocenters. The standard InChI is InChI=1S/C39H49N5.Ni/c1-9-26-28(11-3)36-32(15-7)37-29(12-4)30(13-5)38(43-37)33(18-17-21-40)39-31(14-6)27(10-2)35(44(39)16-8)23-25-20-19-24(41-25)22-34(26)42-36;/h17-20,22-23,30,41-42H,9-16H2,1-8H3;. The monoisotopic (exact) mass is 645 g/mol. The Morgan fingerprint density at radius 2 is 1.49 bits per heavy atom. The topological polar surface area (TPSA) is 72.7 Å². The molecular formula is C39H49N5Ni. The first-order valence-corrected chi connectivity index (χ1v) is 16.9. The Morgan fingerprint density at radius 3 is 2.04 bits per heavy atom. The second kappa shape index (κ2) is 14.7. The molecule has 2 aliphatic heterocycles. The third kappa shape index (κ3) is 5.81. The Balaban J connectivity index is 0.00000461. The van der Waals surface area contributed by atoms with Crippen molar-refractivity contribution < 1.29 is 16.5 Å². The predicted octanol–water partition coefficient (Wildman–Crippen LogP) is 6.02. The van der Waals surface area contributed by atoms with E-state index in [1.165, 1.54) is 54.8 Å². The van der Waals surface area contributed by atoms with E-state index in [-0.39, 0.29) is 22.4 Å². The smallest absolute Gasteiger partial charge is 0.0912 e. The van der Waals surface area contributed by atoms with Crippen LogP contribution in [0.25, 0.3) is 23.3 Å². The molecule has 6 heteroatoms. The maximum Gasteiger partial charge on any atom is 0.0912 e. The van der Waals surface area contributed by atoms with Crippen molar-refractivity contribution in [3.8, 4) is 6.07 Å². The molecule has 0 spiro atoms. The summed E-state index contributed by atoms with van der Waals surface area (Å²) in [6.45, 7) is 18.9. The van der Waals surface area contributed by atoms with Crippen LogP contribution in [-0.2, 0) is 48.7 Å². The van der Waals surface area contributed by atoms with Gasteiger partial charge in [0.1, 0.15) is 0 Å². The van der Waals surface area contributed by atoms with Crippen LogP contribution < -0.4 is 21.4 Å². The average Bonchev–Trinajstić information content (AvgIpc) is 3.79. The third-order valence-corrected chi connectivity index (χ3v) is 9.70. The molecule has 5 nitrogen and oxygen atoms in total. The van der Waals surface area contributed by atoms with Gasteiger partial charge in [-0.2, -0.15) is 5.26 Å². The Labute approximate surface area is 278 Å². The summed E-state index contributed by atoms with van der Waals surface area (Å²) in [7, 11) is 0. The van der Waals surface area contributed by atoms with Crippen LogP contribution in [0.15, 0.2) is 40.5 Å². The minimum atomic E-state index is 0. The molecule has 45 heavy (non-hydrogen) atoms. The SMILES string of the molecule is CCC1=C2N=C(C(C=CC#N)=c3c(CC)c(CC)c(n3CC)=Cc3ccc([nH]3)C=c3[nH]c(c(CC)c3CC)=C2CC)C1CC.[Ni]. The Bertz CT molecular complexity index is 1960. The van der Waals surface area contributed by atoms with E-state index in [0.29, 0.717) is 0 Å². The van der Waals surface area contributed by atoms with E-state index in [0.717, 1.165) is 79.9 Å². The van der Waals surface area contributed by atoms with E-state index in [1.54, 1.807) is 6.08 Å². The van der Waals surface area contributed by atoms with Crippen molar-refractivity contribution in [2.24, 2.45) is 10.9 Å². The first-order chi connectivity index (χ1) is 21.4. The first-order valence-electron chi connectivity index (χ1n) is 16.9. The van der Waals surface area contributed by atoms with Crippen LogP contribution in [0.4, 0.5) is 0 Å². The molecule has 0 saturated carbocycles. The summed E-state index contributed by atoms with van der Waals surface area (Å²) in [5.41, 5.74) is 13.8. The van der Waals surface area contributed by atoms with Gasteiger partial charge in [-0.1, -0.05) is 48.5 Å². The average molecular weight is 647 g/mol. The second-order valence-electron chi connectivity index (χ2n) is 11.8. The Kier molecular flexibility index (Phi) is 11.2. The van der Waals surface area contributed by atoms with Crippen LogP contribution in [0.1, 0.15) is 108 Å². The second-order valence-corrected chi connectivity index (χ2v) is 11.8. The van der Waals surface area contributed by atoms with Crippen LogP contribution in [-0.4, -0.2) is 20.2 Å². The Hall–Kier alpha value is -3.55. The van der Waals surface area contributed by atoms with Gasteiger partial charge in [0.25, 0.3) is 0 Å². The number of aromatic nitrogens is 3. The van der Waals surface area contributed by atoms with Crippen molar-refractivity contribution in [2.45, 2.75) is 107 Å². The fourth-order valence-electron chi connectivity index (χ4n) is 7.83. The van der Waals surface area contributed by atoms with E-state index in [2.05, 4.69) is 100 Å². The number of fused-ring (bicyclic) bond motifs is 7. The van der Waals surface area contributed by atoms with Crippen LogP contribution in [0.3, 0.4) is 0 Å². The molecule has 3 aromatic heterocycles. The summed E-state index contributed by atoms with van der Waals surface area (Å²) in [5, 5.41) is 14.6. The van der Waals surface area contributed by atoms with Crippen LogP contribution in [0, 0.1) is 17.2 Å².